The van der Waals surface area contributed by atoms with E-state index in [0.29, 0.717) is 0 Å². The van der Waals surface area contributed by atoms with Gasteiger partial charge in [-0.1, -0.05) is 32.1 Å². The van der Waals surface area contributed by atoms with E-state index in [9.17, 15) is 10.4 Å². The number of rotatable bonds is 3. The molecular formula is C15H27NO2. The molecule has 1 N–H and O–H groups in total. The third-order valence-electron chi connectivity index (χ3n) is 5.04. The Morgan fingerprint density at radius 3 is 1.89 bits per heavy atom. The van der Waals surface area contributed by atoms with Gasteiger partial charge in [-0.25, -0.2) is 0 Å². The highest BCUT2D eigenvalue weighted by Gasteiger charge is 2.55. The van der Waals surface area contributed by atoms with Crippen molar-refractivity contribution < 1.29 is 9.84 Å². The van der Waals surface area contributed by atoms with Gasteiger partial charge in [0.15, 0.2) is 0 Å². The summed E-state index contributed by atoms with van der Waals surface area (Å²) in [5.41, 5.74) is -2.55. The predicted molar refractivity (Wildman–Crippen MR) is 72.1 cm³/mol. The third-order valence-corrected chi connectivity index (χ3v) is 5.04. The number of hydrogen-bond acceptors (Lipinski definition) is 3. The second-order valence-electron chi connectivity index (χ2n) is 6.25. The summed E-state index contributed by atoms with van der Waals surface area (Å²) in [6, 6.07) is 2.44. The molecule has 0 amide bonds. The van der Waals surface area contributed by atoms with E-state index in [-0.39, 0.29) is 0 Å². The topological polar surface area (TPSA) is 53.2 Å². The zero-order valence-corrected chi connectivity index (χ0v) is 12.3. The summed E-state index contributed by atoms with van der Waals surface area (Å²) in [5.74, 6) is 0. The molecule has 0 saturated heterocycles. The quantitative estimate of drug-likeness (QED) is 0.838. The third kappa shape index (κ3) is 2.55. The molecule has 0 bridgehead atoms. The molecule has 1 saturated carbocycles. The van der Waals surface area contributed by atoms with E-state index in [0.717, 1.165) is 38.5 Å². The number of nitriles is 1. The molecule has 0 aliphatic heterocycles. The van der Waals surface area contributed by atoms with Crippen LogP contribution in [0.3, 0.4) is 0 Å². The molecule has 1 aliphatic carbocycles. The monoisotopic (exact) mass is 253 g/mol. The second-order valence-corrected chi connectivity index (χ2v) is 6.25. The molecule has 1 atom stereocenters. The fourth-order valence-corrected chi connectivity index (χ4v) is 2.99. The molecule has 0 aromatic heterocycles. The summed E-state index contributed by atoms with van der Waals surface area (Å²) in [6.45, 7) is 5.50. The predicted octanol–water partition coefficient (Wildman–Crippen LogP) is 3.42. The van der Waals surface area contributed by atoms with Gasteiger partial charge in [-0.3, -0.25) is 0 Å². The molecule has 1 fully saturated rings. The van der Waals surface area contributed by atoms with Crippen LogP contribution in [0.5, 0.6) is 0 Å². The standard InChI is InChI=1S/C15H27NO2/c1-13(2,18-4)14(3,17)15(12-16)10-8-6-5-7-9-11-15/h17H,5-11H2,1-4H3. The van der Waals surface area contributed by atoms with Gasteiger partial charge in [-0.2, -0.15) is 5.26 Å². The molecule has 0 spiro atoms. The molecule has 3 heteroatoms. The molecule has 104 valence electrons. The zero-order valence-electron chi connectivity index (χ0n) is 12.3. The van der Waals surface area contributed by atoms with Gasteiger partial charge in [0, 0.05) is 7.11 Å². The molecule has 0 aromatic carbocycles. The van der Waals surface area contributed by atoms with Crippen molar-refractivity contribution in [3.8, 4) is 6.07 Å². The first kappa shape index (κ1) is 15.5. The average molecular weight is 253 g/mol. The van der Waals surface area contributed by atoms with Gasteiger partial charge in [-0.15, -0.1) is 0 Å². The second kappa shape index (κ2) is 5.59. The normalized spacial score (nSPS) is 24.4. The Labute approximate surface area is 111 Å². The number of methoxy groups -OCH3 is 1. The van der Waals surface area contributed by atoms with Crippen LogP contribution in [0.1, 0.15) is 65.7 Å². The van der Waals surface area contributed by atoms with Crippen LogP contribution in [0.15, 0.2) is 0 Å². The van der Waals surface area contributed by atoms with Crippen LogP contribution in [0.4, 0.5) is 0 Å². The van der Waals surface area contributed by atoms with Crippen LogP contribution in [0, 0.1) is 16.7 Å². The van der Waals surface area contributed by atoms with Crippen LogP contribution in [0.25, 0.3) is 0 Å². The van der Waals surface area contributed by atoms with Crippen LogP contribution in [-0.4, -0.2) is 23.4 Å². The molecule has 18 heavy (non-hydrogen) atoms. The van der Waals surface area contributed by atoms with E-state index >= 15 is 0 Å². The first-order valence-corrected chi connectivity index (χ1v) is 7.02. The van der Waals surface area contributed by atoms with Crippen molar-refractivity contribution >= 4 is 0 Å². The number of ether oxygens (including phenoxy) is 1. The Balaban J connectivity index is 3.08. The number of nitrogens with zero attached hydrogens (tertiary/aromatic N) is 1. The summed E-state index contributed by atoms with van der Waals surface area (Å²) < 4.78 is 5.45. The molecular weight excluding hydrogens is 226 g/mol. The lowest BCUT2D eigenvalue weighted by atomic mass is 9.61. The van der Waals surface area contributed by atoms with Gasteiger partial charge in [0.1, 0.15) is 5.60 Å². The first-order valence-electron chi connectivity index (χ1n) is 7.02. The average Bonchev–Trinajstić information content (AvgIpc) is 2.29. The van der Waals surface area contributed by atoms with E-state index in [4.69, 9.17) is 4.74 Å². The molecule has 1 unspecified atom stereocenters. The highest BCUT2D eigenvalue weighted by Crippen LogP contribution is 2.48. The van der Waals surface area contributed by atoms with Crippen molar-refractivity contribution in [3.63, 3.8) is 0 Å². The molecule has 1 aliphatic rings. The maximum absolute atomic E-state index is 11.0. The smallest absolute Gasteiger partial charge is 0.109 e. The van der Waals surface area contributed by atoms with Gasteiger partial charge in [-0.05, 0) is 33.6 Å². The number of aliphatic hydroxyl groups is 1. The van der Waals surface area contributed by atoms with Crippen molar-refractivity contribution in [1.29, 1.82) is 5.26 Å². The lowest BCUT2D eigenvalue weighted by Crippen LogP contribution is -2.60. The largest absolute Gasteiger partial charge is 0.386 e. The van der Waals surface area contributed by atoms with Gasteiger partial charge in [0.05, 0.1) is 17.1 Å². The van der Waals surface area contributed by atoms with Gasteiger partial charge < -0.3 is 9.84 Å². The van der Waals surface area contributed by atoms with E-state index in [1.54, 1.807) is 14.0 Å². The summed E-state index contributed by atoms with van der Waals surface area (Å²) in [6.07, 6.45) is 7.14. The minimum atomic E-state index is -1.14. The van der Waals surface area contributed by atoms with Gasteiger partial charge in [0.25, 0.3) is 0 Å². The van der Waals surface area contributed by atoms with Crippen molar-refractivity contribution in [2.75, 3.05) is 7.11 Å². The first-order chi connectivity index (χ1) is 8.33. The summed E-state index contributed by atoms with van der Waals surface area (Å²) in [7, 11) is 1.60. The van der Waals surface area contributed by atoms with E-state index in [2.05, 4.69) is 6.07 Å². The molecule has 0 aromatic rings. The van der Waals surface area contributed by atoms with E-state index in [1.807, 2.05) is 13.8 Å². The molecule has 3 nitrogen and oxygen atoms in total. The van der Waals surface area contributed by atoms with Gasteiger partial charge in [0.2, 0.25) is 0 Å². The Hall–Kier alpha value is -0.590. The maximum atomic E-state index is 11.0. The lowest BCUT2D eigenvalue weighted by molar-refractivity contribution is -0.192. The van der Waals surface area contributed by atoms with Crippen molar-refractivity contribution in [2.24, 2.45) is 5.41 Å². The SMILES string of the molecule is COC(C)(C)C(C)(O)C1(C#N)CCCCCCC1. The lowest BCUT2D eigenvalue weighted by Gasteiger charge is -2.49. The van der Waals surface area contributed by atoms with Crippen LogP contribution < -0.4 is 0 Å². The van der Waals surface area contributed by atoms with Crippen LogP contribution >= 0.6 is 0 Å². The van der Waals surface area contributed by atoms with Gasteiger partial charge >= 0.3 is 0 Å². The maximum Gasteiger partial charge on any atom is 0.109 e. The minimum absolute atomic E-state index is 0.688. The Morgan fingerprint density at radius 1 is 1.06 bits per heavy atom. The Bertz CT molecular complexity index is 307. The molecule has 0 heterocycles. The van der Waals surface area contributed by atoms with Crippen molar-refractivity contribution in [3.05, 3.63) is 0 Å². The summed E-state index contributed by atoms with van der Waals surface area (Å²) in [4.78, 5) is 0. The Kier molecular flexibility index (Phi) is 4.80. The fraction of sp³-hybridized carbons (Fsp3) is 0.933. The minimum Gasteiger partial charge on any atom is -0.386 e. The Morgan fingerprint density at radius 2 is 1.50 bits per heavy atom. The number of hydrogen-bond donors (Lipinski definition) is 1. The van der Waals surface area contributed by atoms with Crippen molar-refractivity contribution in [1.82, 2.24) is 0 Å². The highest BCUT2D eigenvalue weighted by molar-refractivity contribution is 5.15. The van der Waals surface area contributed by atoms with Crippen molar-refractivity contribution in [2.45, 2.75) is 76.9 Å². The van der Waals surface area contributed by atoms with Crippen LogP contribution in [-0.2, 0) is 4.74 Å². The fourth-order valence-electron chi connectivity index (χ4n) is 2.99. The zero-order chi connectivity index (χ0) is 13.9. The molecule has 1 rings (SSSR count). The van der Waals surface area contributed by atoms with Crippen LogP contribution in [0.2, 0.25) is 0 Å². The van der Waals surface area contributed by atoms with E-state index in [1.165, 1.54) is 6.42 Å². The summed E-state index contributed by atoms with van der Waals surface area (Å²) >= 11 is 0. The molecule has 0 radical (unpaired) electrons. The van der Waals surface area contributed by atoms with E-state index < -0.39 is 16.6 Å². The summed E-state index contributed by atoms with van der Waals surface area (Å²) in [5, 5.41) is 20.7. The highest BCUT2D eigenvalue weighted by atomic mass is 16.5.